The lowest BCUT2D eigenvalue weighted by Crippen LogP contribution is -2.49. The van der Waals surface area contributed by atoms with E-state index in [0.29, 0.717) is 11.5 Å². The Labute approximate surface area is 118 Å². The van der Waals surface area contributed by atoms with Gasteiger partial charge < -0.3 is 0 Å². The van der Waals surface area contributed by atoms with Crippen LogP contribution in [-0.2, 0) is 6.42 Å². The Hall–Kier alpha value is -0.450. The van der Waals surface area contributed by atoms with E-state index >= 15 is 0 Å². The lowest BCUT2D eigenvalue weighted by molar-refractivity contribution is 0.143. The highest BCUT2D eigenvalue weighted by Crippen LogP contribution is 2.39. The van der Waals surface area contributed by atoms with E-state index in [4.69, 9.17) is 5.84 Å². The van der Waals surface area contributed by atoms with Crippen molar-refractivity contribution >= 4 is 15.9 Å². The van der Waals surface area contributed by atoms with Gasteiger partial charge in [-0.05, 0) is 46.3 Å². The molecule has 1 aromatic rings. The summed E-state index contributed by atoms with van der Waals surface area (Å²) in [6.45, 7) is 2.36. The Kier molecular flexibility index (Phi) is 4.76. The second-order valence-corrected chi connectivity index (χ2v) is 6.52. The van der Waals surface area contributed by atoms with Gasteiger partial charge in [-0.15, -0.1) is 0 Å². The summed E-state index contributed by atoms with van der Waals surface area (Å²) in [5.41, 5.74) is 4.44. The number of pyridine rings is 1. The molecule has 1 fully saturated rings. The SMILES string of the molecule is CC1(C(Cc2ccc(Br)cn2)NN)CCCCC1. The highest BCUT2D eigenvalue weighted by molar-refractivity contribution is 9.10. The first-order valence-corrected chi connectivity index (χ1v) is 7.50. The minimum Gasteiger partial charge on any atom is -0.271 e. The third-order valence-electron chi connectivity index (χ3n) is 4.24. The molecule has 1 aromatic heterocycles. The molecule has 18 heavy (non-hydrogen) atoms. The topological polar surface area (TPSA) is 50.9 Å². The van der Waals surface area contributed by atoms with Gasteiger partial charge in [-0.2, -0.15) is 0 Å². The zero-order valence-electron chi connectivity index (χ0n) is 11.0. The number of rotatable bonds is 4. The standard InChI is InChI=1S/C14H22BrN3/c1-14(7-3-2-4-8-14)13(18-16)9-12-6-5-11(15)10-17-12/h5-6,10,13,18H,2-4,7-9,16H2,1H3. The fourth-order valence-corrected chi connectivity index (χ4v) is 3.19. The maximum Gasteiger partial charge on any atom is 0.0420 e. The molecule has 2 rings (SSSR count). The molecular formula is C14H22BrN3. The Morgan fingerprint density at radius 1 is 1.39 bits per heavy atom. The van der Waals surface area contributed by atoms with Gasteiger partial charge in [-0.25, -0.2) is 0 Å². The van der Waals surface area contributed by atoms with E-state index in [1.165, 1.54) is 32.1 Å². The van der Waals surface area contributed by atoms with Crippen molar-refractivity contribution in [2.75, 3.05) is 0 Å². The van der Waals surface area contributed by atoms with Crippen molar-refractivity contribution < 1.29 is 0 Å². The van der Waals surface area contributed by atoms with Crippen molar-refractivity contribution in [3.63, 3.8) is 0 Å². The lowest BCUT2D eigenvalue weighted by atomic mass is 9.69. The molecule has 0 bridgehead atoms. The van der Waals surface area contributed by atoms with Crippen molar-refractivity contribution in [1.82, 2.24) is 10.4 Å². The molecule has 4 heteroatoms. The molecule has 3 N–H and O–H groups in total. The maximum atomic E-state index is 5.78. The highest BCUT2D eigenvalue weighted by atomic mass is 79.9. The van der Waals surface area contributed by atoms with Crippen molar-refractivity contribution in [3.05, 3.63) is 28.5 Å². The first-order chi connectivity index (χ1) is 8.64. The summed E-state index contributed by atoms with van der Waals surface area (Å²) >= 11 is 3.41. The zero-order chi connectivity index (χ0) is 13.0. The van der Waals surface area contributed by atoms with E-state index in [9.17, 15) is 0 Å². The van der Waals surface area contributed by atoms with Crippen molar-refractivity contribution in [3.8, 4) is 0 Å². The minimum absolute atomic E-state index is 0.307. The summed E-state index contributed by atoms with van der Waals surface area (Å²) in [6.07, 6.45) is 9.29. The van der Waals surface area contributed by atoms with Crippen molar-refractivity contribution in [1.29, 1.82) is 0 Å². The van der Waals surface area contributed by atoms with E-state index in [-0.39, 0.29) is 0 Å². The van der Waals surface area contributed by atoms with Crippen LogP contribution in [0.2, 0.25) is 0 Å². The summed E-state index contributed by atoms with van der Waals surface area (Å²) in [4.78, 5) is 4.45. The van der Waals surface area contributed by atoms with E-state index in [1.54, 1.807) is 0 Å². The van der Waals surface area contributed by atoms with Crippen LogP contribution < -0.4 is 11.3 Å². The van der Waals surface area contributed by atoms with Crippen LogP contribution in [0, 0.1) is 5.41 Å². The average molecular weight is 312 g/mol. The average Bonchev–Trinajstić information content (AvgIpc) is 2.38. The first kappa shape index (κ1) is 14.0. The van der Waals surface area contributed by atoms with Crippen LogP contribution >= 0.6 is 15.9 Å². The van der Waals surface area contributed by atoms with Gasteiger partial charge in [0.2, 0.25) is 0 Å². The lowest BCUT2D eigenvalue weighted by Gasteiger charge is -2.40. The molecule has 0 aromatic carbocycles. The maximum absolute atomic E-state index is 5.78. The molecule has 0 radical (unpaired) electrons. The number of hydrogen-bond acceptors (Lipinski definition) is 3. The number of nitrogens with one attached hydrogen (secondary N) is 1. The molecule has 100 valence electrons. The van der Waals surface area contributed by atoms with Crippen LogP contribution in [0.3, 0.4) is 0 Å². The first-order valence-electron chi connectivity index (χ1n) is 6.71. The van der Waals surface area contributed by atoms with Gasteiger partial charge in [0.15, 0.2) is 0 Å². The molecule has 3 nitrogen and oxygen atoms in total. The van der Waals surface area contributed by atoms with Crippen LogP contribution in [0.15, 0.2) is 22.8 Å². The summed E-state index contributed by atoms with van der Waals surface area (Å²) < 4.78 is 1.02. The van der Waals surface area contributed by atoms with E-state index < -0.39 is 0 Å². The molecule has 1 aliphatic rings. The Bertz CT molecular complexity index is 371. The van der Waals surface area contributed by atoms with E-state index in [1.807, 2.05) is 12.3 Å². The molecule has 1 atom stereocenters. The third kappa shape index (κ3) is 3.31. The summed E-state index contributed by atoms with van der Waals surface area (Å²) in [6, 6.07) is 4.42. The highest BCUT2D eigenvalue weighted by Gasteiger charge is 2.34. The van der Waals surface area contributed by atoms with Gasteiger partial charge in [0.1, 0.15) is 0 Å². The van der Waals surface area contributed by atoms with Crippen LogP contribution in [0.5, 0.6) is 0 Å². The number of nitrogens with two attached hydrogens (primary N) is 1. The van der Waals surface area contributed by atoms with Gasteiger partial charge in [0.25, 0.3) is 0 Å². The van der Waals surface area contributed by atoms with Gasteiger partial charge in [-0.3, -0.25) is 16.3 Å². The van der Waals surface area contributed by atoms with E-state index in [2.05, 4.69) is 39.3 Å². The molecule has 0 aliphatic heterocycles. The fourth-order valence-electron chi connectivity index (χ4n) is 2.95. The largest absolute Gasteiger partial charge is 0.271 e. The summed E-state index contributed by atoms with van der Waals surface area (Å²) in [5.74, 6) is 5.78. The zero-order valence-corrected chi connectivity index (χ0v) is 12.5. The second-order valence-electron chi connectivity index (χ2n) is 5.61. The predicted molar refractivity (Wildman–Crippen MR) is 77.9 cm³/mol. The monoisotopic (exact) mass is 311 g/mol. The number of hydrogen-bond donors (Lipinski definition) is 2. The van der Waals surface area contributed by atoms with Crippen molar-refractivity contribution in [2.45, 2.75) is 51.5 Å². The molecule has 1 unspecified atom stereocenters. The summed E-state index contributed by atoms with van der Waals surface area (Å²) in [7, 11) is 0. The second kappa shape index (κ2) is 6.13. The van der Waals surface area contributed by atoms with Gasteiger partial charge in [-0.1, -0.05) is 26.2 Å². The summed E-state index contributed by atoms with van der Waals surface area (Å²) in [5, 5.41) is 0. The van der Waals surface area contributed by atoms with Crippen LogP contribution in [0.25, 0.3) is 0 Å². The number of nitrogens with zero attached hydrogens (tertiary/aromatic N) is 1. The van der Waals surface area contributed by atoms with Crippen LogP contribution in [-0.4, -0.2) is 11.0 Å². The Morgan fingerprint density at radius 3 is 2.67 bits per heavy atom. The normalized spacial score (nSPS) is 20.6. The molecule has 0 spiro atoms. The number of aromatic nitrogens is 1. The quantitative estimate of drug-likeness (QED) is 0.663. The smallest absolute Gasteiger partial charge is 0.0420 e. The van der Waals surface area contributed by atoms with Gasteiger partial charge >= 0.3 is 0 Å². The Morgan fingerprint density at radius 2 is 2.11 bits per heavy atom. The molecule has 0 amide bonds. The predicted octanol–water partition coefficient (Wildman–Crippen LogP) is 3.19. The van der Waals surface area contributed by atoms with Gasteiger partial charge in [0.05, 0.1) is 0 Å². The van der Waals surface area contributed by atoms with E-state index in [0.717, 1.165) is 16.6 Å². The van der Waals surface area contributed by atoms with Crippen LogP contribution in [0.1, 0.15) is 44.7 Å². The molecule has 1 aliphatic carbocycles. The Balaban J connectivity index is 2.06. The molecule has 0 saturated heterocycles. The molecule has 1 heterocycles. The number of halogens is 1. The number of hydrazine groups is 1. The molecular weight excluding hydrogens is 290 g/mol. The minimum atomic E-state index is 0.307. The fraction of sp³-hybridized carbons (Fsp3) is 0.643. The van der Waals surface area contributed by atoms with Crippen molar-refractivity contribution in [2.24, 2.45) is 11.3 Å². The molecule has 1 saturated carbocycles. The third-order valence-corrected chi connectivity index (χ3v) is 4.71. The van der Waals surface area contributed by atoms with Gasteiger partial charge in [0, 0.05) is 28.8 Å². The van der Waals surface area contributed by atoms with Crippen LogP contribution in [0.4, 0.5) is 0 Å².